The van der Waals surface area contributed by atoms with E-state index in [0.717, 1.165) is 56.7 Å². The second-order valence-electron chi connectivity index (χ2n) is 11.2. The van der Waals surface area contributed by atoms with Gasteiger partial charge in [0.05, 0.1) is 17.8 Å². The van der Waals surface area contributed by atoms with Gasteiger partial charge in [-0.2, -0.15) is 13.2 Å². The van der Waals surface area contributed by atoms with Crippen molar-refractivity contribution in [2.75, 3.05) is 32.8 Å². The van der Waals surface area contributed by atoms with Crippen LogP contribution in [0.1, 0.15) is 43.4 Å². The number of halogens is 3. The third-order valence-electron chi connectivity index (χ3n) is 8.71. The zero-order chi connectivity index (χ0) is 24.4. The van der Waals surface area contributed by atoms with Gasteiger partial charge in [-0.15, -0.1) is 0 Å². The summed E-state index contributed by atoms with van der Waals surface area (Å²) in [6, 6.07) is 3.42. The van der Waals surface area contributed by atoms with Crippen molar-refractivity contribution >= 4 is 5.91 Å². The number of fused-ring (bicyclic) bond motifs is 1. The van der Waals surface area contributed by atoms with E-state index in [-0.39, 0.29) is 43.2 Å². The van der Waals surface area contributed by atoms with Gasteiger partial charge in [-0.25, -0.2) is 0 Å². The molecule has 188 valence electrons. The molecule has 0 radical (unpaired) electrons. The van der Waals surface area contributed by atoms with Crippen molar-refractivity contribution in [3.05, 3.63) is 47.7 Å². The molecule has 2 saturated carbocycles. The highest BCUT2D eigenvalue weighted by Crippen LogP contribution is 2.58. The molecule has 4 heterocycles. The second-order valence-corrected chi connectivity index (χ2v) is 11.2. The van der Waals surface area contributed by atoms with Crippen molar-refractivity contribution in [1.29, 1.82) is 0 Å². The van der Waals surface area contributed by atoms with E-state index in [1.807, 2.05) is 6.07 Å². The number of aromatic nitrogens is 1. The number of likely N-dealkylation sites (tertiary alicyclic amines) is 2. The highest BCUT2D eigenvalue weighted by molar-refractivity contribution is 5.78. The van der Waals surface area contributed by atoms with Crippen LogP contribution in [0.25, 0.3) is 0 Å². The number of carbonyl (C=O) groups is 1. The van der Waals surface area contributed by atoms with Gasteiger partial charge in [-0.1, -0.05) is 18.4 Å². The quantitative estimate of drug-likeness (QED) is 0.646. The fraction of sp³-hybridized carbons (Fsp3) is 0.654. The molecule has 1 aromatic heterocycles. The fourth-order valence-electron chi connectivity index (χ4n) is 6.77. The maximum absolute atomic E-state index is 13.3. The zero-order valence-electron chi connectivity index (χ0n) is 19.7. The van der Waals surface area contributed by atoms with Crippen LogP contribution in [-0.4, -0.2) is 71.8 Å². The molecule has 0 unspecified atom stereocenters. The molecule has 5 aliphatic rings. The van der Waals surface area contributed by atoms with Crippen molar-refractivity contribution in [3.63, 3.8) is 0 Å². The van der Waals surface area contributed by atoms with E-state index in [9.17, 15) is 18.0 Å². The number of rotatable bonds is 5. The monoisotopic (exact) mass is 488 g/mol. The molecule has 0 bridgehead atoms. The molecule has 1 spiro atoms. The Morgan fingerprint density at radius 2 is 2.03 bits per heavy atom. The predicted molar refractivity (Wildman–Crippen MR) is 122 cm³/mol. The number of hydrogen-bond donors (Lipinski definition) is 1. The number of ether oxygens (including phenoxy) is 1. The van der Waals surface area contributed by atoms with E-state index in [0.29, 0.717) is 17.9 Å². The van der Waals surface area contributed by atoms with Crippen LogP contribution in [0.5, 0.6) is 0 Å². The summed E-state index contributed by atoms with van der Waals surface area (Å²) in [6.07, 6.45) is 1.78. The molecular weight excluding hydrogens is 457 g/mol. The first kappa shape index (κ1) is 22.9. The third-order valence-corrected chi connectivity index (χ3v) is 8.71. The number of hydrogen-bond acceptors (Lipinski definition) is 5. The van der Waals surface area contributed by atoms with Crippen LogP contribution >= 0.6 is 0 Å². The van der Waals surface area contributed by atoms with Crippen molar-refractivity contribution < 1.29 is 22.7 Å². The van der Waals surface area contributed by atoms with Crippen molar-refractivity contribution in [1.82, 2.24) is 20.1 Å². The first-order valence-corrected chi connectivity index (χ1v) is 12.5. The molecule has 6 rings (SSSR count). The number of pyridine rings is 1. The van der Waals surface area contributed by atoms with Gasteiger partial charge in [0.2, 0.25) is 5.91 Å². The molecule has 5 fully saturated rings. The number of amides is 1. The number of nitrogens with zero attached hydrogens (tertiary/aromatic N) is 3. The lowest BCUT2D eigenvalue weighted by Crippen LogP contribution is -2.65. The van der Waals surface area contributed by atoms with Crippen LogP contribution in [-0.2, 0) is 21.4 Å². The maximum atomic E-state index is 13.3. The van der Waals surface area contributed by atoms with E-state index in [4.69, 9.17) is 4.74 Å². The molecule has 35 heavy (non-hydrogen) atoms. The summed E-state index contributed by atoms with van der Waals surface area (Å²) in [6.45, 7) is 7.58. The number of morpholine rings is 1. The molecule has 2 atom stereocenters. The zero-order valence-corrected chi connectivity index (χ0v) is 19.7. The Morgan fingerprint density at radius 1 is 1.26 bits per heavy atom. The lowest BCUT2D eigenvalue weighted by Gasteiger charge is -2.61. The predicted octanol–water partition coefficient (Wildman–Crippen LogP) is 3.15. The minimum atomic E-state index is -4.22. The van der Waals surface area contributed by atoms with Crippen LogP contribution in [0.2, 0.25) is 0 Å². The highest BCUT2D eigenvalue weighted by atomic mass is 19.4. The fourth-order valence-corrected chi connectivity index (χ4v) is 6.77. The number of nitrogens with one attached hydrogen (secondary N) is 1. The van der Waals surface area contributed by atoms with E-state index in [2.05, 4.69) is 32.4 Å². The first-order valence-electron chi connectivity index (χ1n) is 12.5. The molecule has 6 nitrogen and oxygen atoms in total. The van der Waals surface area contributed by atoms with Gasteiger partial charge in [0.15, 0.2) is 0 Å². The third kappa shape index (κ3) is 3.93. The van der Waals surface area contributed by atoms with Crippen LogP contribution in [0.15, 0.2) is 36.5 Å². The van der Waals surface area contributed by atoms with Crippen molar-refractivity contribution in [2.24, 2.45) is 11.3 Å². The summed E-state index contributed by atoms with van der Waals surface area (Å²) in [5.74, 6) is 1.50. The van der Waals surface area contributed by atoms with Gasteiger partial charge in [-0.3, -0.25) is 9.78 Å². The summed E-state index contributed by atoms with van der Waals surface area (Å²) in [5, 5.41) is 3.05. The van der Waals surface area contributed by atoms with Gasteiger partial charge in [0.25, 0.3) is 0 Å². The van der Waals surface area contributed by atoms with E-state index < -0.39 is 11.6 Å². The van der Waals surface area contributed by atoms with Crippen LogP contribution in [0.3, 0.4) is 0 Å². The van der Waals surface area contributed by atoms with Gasteiger partial charge in [-0.05, 0) is 56.1 Å². The smallest absolute Gasteiger partial charge is 0.366 e. The average molecular weight is 489 g/mol. The molecule has 2 aliphatic carbocycles. The van der Waals surface area contributed by atoms with Gasteiger partial charge < -0.3 is 19.9 Å². The molecule has 3 aliphatic heterocycles. The van der Waals surface area contributed by atoms with E-state index in [1.165, 1.54) is 0 Å². The molecule has 1 N–H and O–H groups in total. The summed E-state index contributed by atoms with van der Waals surface area (Å²) >= 11 is 0. The van der Waals surface area contributed by atoms with Crippen LogP contribution in [0.4, 0.5) is 13.2 Å². The SMILES string of the molecule is C=C=C(N1CC[C@@H]2OCC(=O)N[C@@H]2C1)N1CC2(CC(Cc3ccc(C4(C(F)(F)F)CC4)nc3)C2)C1. The molecule has 3 saturated heterocycles. The Labute approximate surface area is 203 Å². The number of carbonyl (C=O) groups excluding carboxylic acids is 1. The number of alkyl halides is 3. The molecule has 9 heteroatoms. The molecule has 0 aromatic carbocycles. The lowest BCUT2D eigenvalue weighted by molar-refractivity contribution is -0.161. The van der Waals surface area contributed by atoms with E-state index >= 15 is 0 Å². The highest BCUT2D eigenvalue weighted by Gasteiger charge is 2.65. The Kier molecular flexibility index (Phi) is 5.24. The summed E-state index contributed by atoms with van der Waals surface area (Å²) in [7, 11) is 0. The Hall–Kier alpha value is -2.51. The topological polar surface area (TPSA) is 57.7 Å². The summed E-state index contributed by atoms with van der Waals surface area (Å²) in [4.78, 5) is 20.5. The summed E-state index contributed by atoms with van der Waals surface area (Å²) in [5.41, 5.74) is 2.93. The Balaban J connectivity index is 0.996. The first-order chi connectivity index (χ1) is 16.7. The van der Waals surface area contributed by atoms with Crippen LogP contribution < -0.4 is 5.32 Å². The lowest BCUT2D eigenvalue weighted by atomic mass is 9.56. The minimum absolute atomic E-state index is 0.00240. The molecule has 1 amide bonds. The standard InChI is InChI=1S/C26H31F3N4O2/c1-2-23(32-8-5-20-19(13-32)31-22(34)14-35-20)33-15-24(16-33)10-18(11-24)9-17-3-4-21(30-12-17)25(6-7-25)26(27,28)29/h3-4,12,18-20H,1,5-11,13-16H2,(H,31,34)/t19-,20+/m1/s1. The molecular formula is C26H31F3N4O2. The largest absolute Gasteiger partial charge is 0.399 e. The normalized spacial score (nSPS) is 28.9. The minimum Gasteiger partial charge on any atom is -0.366 e. The Bertz CT molecular complexity index is 1050. The van der Waals surface area contributed by atoms with E-state index in [1.54, 1.807) is 12.3 Å². The van der Waals surface area contributed by atoms with Crippen LogP contribution in [0, 0.1) is 11.3 Å². The Morgan fingerprint density at radius 3 is 2.66 bits per heavy atom. The van der Waals surface area contributed by atoms with Gasteiger partial charge >= 0.3 is 6.18 Å². The van der Waals surface area contributed by atoms with Crippen molar-refractivity contribution in [3.8, 4) is 0 Å². The summed E-state index contributed by atoms with van der Waals surface area (Å²) < 4.78 is 45.7. The second kappa shape index (κ2) is 8.00. The van der Waals surface area contributed by atoms with Gasteiger partial charge in [0.1, 0.15) is 17.8 Å². The number of piperidine rings is 1. The van der Waals surface area contributed by atoms with Gasteiger partial charge in [0, 0.05) is 37.8 Å². The molecule has 1 aromatic rings. The maximum Gasteiger partial charge on any atom is 0.399 e. The van der Waals surface area contributed by atoms with Crippen molar-refractivity contribution in [2.45, 2.75) is 62.3 Å². The average Bonchev–Trinajstić information content (AvgIpc) is 3.59.